The van der Waals surface area contributed by atoms with Crippen LogP contribution < -0.4 is 5.32 Å². The molecule has 148 valence electrons. The number of hydrogen-bond donors (Lipinski definition) is 1. The molecule has 5 nitrogen and oxygen atoms in total. The van der Waals surface area contributed by atoms with E-state index >= 15 is 0 Å². The molecule has 2 aromatic carbocycles. The van der Waals surface area contributed by atoms with Crippen LogP contribution in [0.25, 0.3) is 0 Å². The zero-order valence-corrected chi connectivity index (χ0v) is 16.6. The summed E-state index contributed by atoms with van der Waals surface area (Å²) in [5, 5.41) is 2.98. The zero-order chi connectivity index (χ0) is 19.8. The lowest BCUT2D eigenvalue weighted by Gasteiger charge is -2.20. The van der Waals surface area contributed by atoms with Gasteiger partial charge in [0.2, 0.25) is 5.91 Å². The molecule has 0 bridgehead atoms. The lowest BCUT2D eigenvalue weighted by atomic mass is 10.1. The lowest BCUT2D eigenvalue weighted by Crippen LogP contribution is -2.36. The summed E-state index contributed by atoms with van der Waals surface area (Å²) in [6.45, 7) is 6.19. The highest BCUT2D eigenvalue weighted by Crippen LogP contribution is 2.13. The van der Waals surface area contributed by atoms with E-state index in [4.69, 9.17) is 0 Å². The van der Waals surface area contributed by atoms with Crippen molar-refractivity contribution in [3.63, 3.8) is 0 Å². The van der Waals surface area contributed by atoms with E-state index in [1.54, 1.807) is 0 Å². The van der Waals surface area contributed by atoms with Gasteiger partial charge in [0, 0.05) is 31.7 Å². The number of likely N-dealkylation sites (N-methyl/N-ethyl adjacent to an activating group) is 1. The largest absolute Gasteiger partial charge is 0.351 e. The number of rotatable bonds is 8. The van der Waals surface area contributed by atoms with Crippen LogP contribution in [0, 0.1) is 0 Å². The maximum atomic E-state index is 12.4. The second-order valence-electron chi connectivity index (χ2n) is 7.26. The number of nitrogens with one attached hydrogen (secondary N) is 1. The molecule has 0 unspecified atom stereocenters. The van der Waals surface area contributed by atoms with E-state index in [0.717, 1.165) is 50.1 Å². The van der Waals surface area contributed by atoms with Crippen molar-refractivity contribution in [2.45, 2.75) is 32.9 Å². The maximum absolute atomic E-state index is 12.4. The standard InChI is InChI=1S/C23H29N3O2/c1-2-25(17-20-8-4-3-5-9-20)18-22(27)24-16-19-10-12-21(13-11-19)23(28)26-14-6-7-15-26/h3-5,8-13H,2,6-7,14-18H2,1H3,(H,24,27). The van der Waals surface area contributed by atoms with E-state index in [-0.39, 0.29) is 11.8 Å². The molecule has 0 aromatic heterocycles. The molecule has 0 atom stereocenters. The molecule has 3 rings (SSSR count). The van der Waals surface area contributed by atoms with Crippen molar-refractivity contribution in [1.82, 2.24) is 15.1 Å². The van der Waals surface area contributed by atoms with Crippen LogP contribution in [0.5, 0.6) is 0 Å². The van der Waals surface area contributed by atoms with Crippen molar-refractivity contribution < 1.29 is 9.59 Å². The Bertz CT molecular complexity index is 768. The van der Waals surface area contributed by atoms with Crippen molar-refractivity contribution >= 4 is 11.8 Å². The Kier molecular flexibility index (Phi) is 7.20. The summed E-state index contributed by atoms with van der Waals surface area (Å²) in [6.07, 6.45) is 2.18. The summed E-state index contributed by atoms with van der Waals surface area (Å²) < 4.78 is 0. The summed E-state index contributed by atoms with van der Waals surface area (Å²) >= 11 is 0. The number of likely N-dealkylation sites (tertiary alicyclic amines) is 1. The fourth-order valence-corrected chi connectivity index (χ4v) is 3.45. The smallest absolute Gasteiger partial charge is 0.253 e. The summed E-state index contributed by atoms with van der Waals surface area (Å²) in [5.41, 5.74) is 2.92. The summed E-state index contributed by atoms with van der Waals surface area (Å²) in [5.74, 6) is 0.114. The van der Waals surface area contributed by atoms with E-state index in [9.17, 15) is 9.59 Å². The van der Waals surface area contributed by atoms with Gasteiger partial charge in [0.05, 0.1) is 6.54 Å². The van der Waals surface area contributed by atoms with Gasteiger partial charge in [-0.3, -0.25) is 14.5 Å². The number of hydrogen-bond acceptors (Lipinski definition) is 3. The van der Waals surface area contributed by atoms with Gasteiger partial charge >= 0.3 is 0 Å². The second kappa shape index (κ2) is 10.0. The highest BCUT2D eigenvalue weighted by atomic mass is 16.2. The molecule has 1 heterocycles. The van der Waals surface area contributed by atoms with Crippen LogP contribution in [0.15, 0.2) is 54.6 Å². The van der Waals surface area contributed by atoms with Crippen LogP contribution in [0.2, 0.25) is 0 Å². The van der Waals surface area contributed by atoms with Crippen LogP contribution in [0.1, 0.15) is 41.3 Å². The average Bonchev–Trinajstić information content (AvgIpc) is 3.27. The summed E-state index contributed by atoms with van der Waals surface area (Å²) in [7, 11) is 0. The number of benzene rings is 2. The first-order valence-corrected chi connectivity index (χ1v) is 10.1. The van der Waals surface area contributed by atoms with E-state index in [1.165, 1.54) is 5.56 Å². The van der Waals surface area contributed by atoms with Gasteiger partial charge in [0.15, 0.2) is 0 Å². The van der Waals surface area contributed by atoms with Crippen LogP contribution in [-0.4, -0.2) is 47.8 Å². The molecule has 1 aliphatic rings. The quantitative estimate of drug-likeness (QED) is 0.767. The van der Waals surface area contributed by atoms with Crippen molar-refractivity contribution in [2.75, 3.05) is 26.2 Å². The molecule has 1 saturated heterocycles. The molecule has 2 aromatic rings. The van der Waals surface area contributed by atoms with Crippen molar-refractivity contribution in [3.8, 4) is 0 Å². The minimum absolute atomic E-state index is 0.00926. The molecule has 5 heteroatoms. The van der Waals surface area contributed by atoms with E-state index in [0.29, 0.717) is 13.1 Å². The Balaban J connectivity index is 1.46. The highest BCUT2D eigenvalue weighted by molar-refractivity contribution is 5.94. The average molecular weight is 380 g/mol. The van der Waals surface area contributed by atoms with Crippen LogP contribution in [-0.2, 0) is 17.9 Å². The van der Waals surface area contributed by atoms with E-state index < -0.39 is 0 Å². The van der Waals surface area contributed by atoms with Crippen LogP contribution in [0.3, 0.4) is 0 Å². The Morgan fingerprint density at radius 3 is 2.29 bits per heavy atom. The highest BCUT2D eigenvalue weighted by Gasteiger charge is 2.19. The van der Waals surface area contributed by atoms with Gasteiger partial charge in [-0.2, -0.15) is 0 Å². The van der Waals surface area contributed by atoms with Crippen LogP contribution in [0.4, 0.5) is 0 Å². The number of carbonyl (C=O) groups is 2. The lowest BCUT2D eigenvalue weighted by molar-refractivity contribution is -0.122. The maximum Gasteiger partial charge on any atom is 0.253 e. The first kappa shape index (κ1) is 20.1. The molecule has 0 saturated carbocycles. The minimum atomic E-state index is 0.00926. The van der Waals surface area contributed by atoms with Crippen molar-refractivity contribution in [1.29, 1.82) is 0 Å². The molecule has 1 fully saturated rings. The van der Waals surface area contributed by atoms with Crippen molar-refractivity contribution in [2.24, 2.45) is 0 Å². The summed E-state index contributed by atoms with van der Waals surface area (Å²) in [6, 6.07) is 17.7. The molecule has 0 aliphatic carbocycles. The number of nitrogens with zero attached hydrogens (tertiary/aromatic N) is 2. The van der Waals surface area contributed by atoms with E-state index in [1.807, 2.05) is 47.4 Å². The van der Waals surface area contributed by atoms with Crippen molar-refractivity contribution in [3.05, 3.63) is 71.3 Å². The fraction of sp³-hybridized carbons (Fsp3) is 0.391. The topological polar surface area (TPSA) is 52.7 Å². The molecule has 1 N–H and O–H groups in total. The first-order valence-electron chi connectivity index (χ1n) is 10.1. The third-order valence-corrected chi connectivity index (χ3v) is 5.15. The Morgan fingerprint density at radius 2 is 1.64 bits per heavy atom. The minimum Gasteiger partial charge on any atom is -0.351 e. The number of amides is 2. The molecule has 0 radical (unpaired) electrons. The monoisotopic (exact) mass is 379 g/mol. The molecule has 1 aliphatic heterocycles. The van der Waals surface area contributed by atoms with Gasteiger partial charge in [-0.1, -0.05) is 49.4 Å². The van der Waals surface area contributed by atoms with Crippen LogP contribution >= 0.6 is 0 Å². The van der Waals surface area contributed by atoms with Gasteiger partial charge in [0.25, 0.3) is 5.91 Å². The Morgan fingerprint density at radius 1 is 0.964 bits per heavy atom. The molecular formula is C23H29N3O2. The first-order chi connectivity index (χ1) is 13.7. The molecule has 2 amide bonds. The molecular weight excluding hydrogens is 350 g/mol. The van der Waals surface area contributed by atoms with Gasteiger partial charge in [-0.15, -0.1) is 0 Å². The Labute approximate surface area is 167 Å². The van der Waals surface area contributed by atoms with E-state index in [2.05, 4.69) is 29.3 Å². The zero-order valence-electron chi connectivity index (χ0n) is 16.6. The predicted octanol–water partition coefficient (Wildman–Crippen LogP) is 3.06. The van der Waals surface area contributed by atoms with Gasteiger partial charge in [-0.05, 0) is 42.6 Å². The second-order valence-corrected chi connectivity index (χ2v) is 7.26. The normalized spacial score (nSPS) is 13.7. The third-order valence-electron chi connectivity index (χ3n) is 5.15. The number of carbonyl (C=O) groups excluding carboxylic acids is 2. The Hall–Kier alpha value is -2.66. The van der Waals surface area contributed by atoms with Gasteiger partial charge in [-0.25, -0.2) is 0 Å². The third kappa shape index (κ3) is 5.67. The SMILES string of the molecule is CCN(CC(=O)NCc1ccc(C(=O)N2CCCC2)cc1)Cc1ccccc1. The predicted molar refractivity (Wildman–Crippen MR) is 111 cm³/mol. The van der Waals surface area contributed by atoms with Gasteiger partial charge in [0.1, 0.15) is 0 Å². The summed E-state index contributed by atoms with van der Waals surface area (Å²) in [4.78, 5) is 28.7. The molecule has 0 spiro atoms. The fourth-order valence-electron chi connectivity index (χ4n) is 3.45. The molecule has 28 heavy (non-hydrogen) atoms. The van der Waals surface area contributed by atoms with Gasteiger partial charge < -0.3 is 10.2 Å².